The van der Waals surface area contributed by atoms with Gasteiger partial charge in [0.2, 0.25) is 0 Å². The van der Waals surface area contributed by atoms with Gasteiger partial charge >= 0.3 is 5.97 Å². The average molecular weight is 364 g/mol. The van der Waals surface area contributed by atoms with Gasteiger partial charge < -0.3 is 10.1 Å². The molecule has 1 heterocycles. The minimum Gasteiger partial charge on any atom is -0.456 e. The summed E-state index contributed by atoms with van der Waals surface area (Å²) < 4.78 is 6.56. The van der Waals surface area contributed by atoms with Crippen LogP contribution >= 0.6 is 11.6 Å². The van der Waals surface area contributed by atoms with Gasteiger partial charge in [-0.05, 0) is 17.5 Å². The zero-order chi connectivity index (χ0) is 18.6. The van der Waals surface area contributed by atoms with Gasteiger partial charge in [0.15, 0.2) is 6.61 Å². The molecule has 1 N–H and O–H groups in total. The molecule has 0 aliphatic heterocycles. The number of rotatable bonds is 5. The lowest BCUT2D eigenvalue weighted by atomic mass is 9.93. The first kappa shape index (κ1) is 19.0. The van der Waals surface area contributed by atoms with Gasteiger partial charge in [-0.2, -0.15) is 5.10 Å². The molecule has 1 aromatic carbocycles. The van der Waals surface area contributed by atoms with E-state index in [1.807, 2.05) is 32.9 Å². The largest absolute Gasteiger partial charge is 0.456 e. The molecule has 0 radical (unpaired) electrons. The van der Waals surface area contributed by atoms with Crippen molar-refractivity contribution in [3.05, 3.63) is 35.4 Å². The lowest BCUT2D eigenvalue weighted by molar-refractivity contribution is -0.149. The predicted molar refractivity (Wildman–Crippen MR) is 97.3 cm³/mol. The van der Waals surface area contributed by atoms with Crippen molar-refractivity contribution < 1.29 is 14.3 Å². The summed E-state index contributed by atoms with van der Waals surface area (Å²) in [4.78, 5) is 23.6. The highest BCUT2D eigenvalue weighted by Gasteiger charge is 2.18. The first-order valence-corrected chi connectivity index (χ1v) is 8.27. The van der Waals surface area contributed by atoms with Crippen molar-refractivity contribution in [1.82, 2.24) is 9.78 Å². The van der Waals surface area contributed by atoms with Crippen molar-refractivity contribution >= 4 is 29.3 Å². The number of amides is 1. The van der Waals surface area contributed by atoms with Crippen LogP contribution < -0.4 is 5.32 Å². The number of hydrogen-bond donors (Lipinski definition) is 1. The minimum atomic E-state index is -0.409. The molecule has 0 unspecified atom stereocenters. The third kappa shape index (κ3) is 5.90. The van der Waals surface area contributed by atoms with Crippen molar-refractivity contribution in [2.75, 3.05) is 11.9 Å². The number of ether oxygens (including phenoxy) is 1. The quantitative estimate of drug-likeness (QED) is 0.823. The van der Waals surface area contributed by atoms with Crippen LogP contribution in [0.2, 0.25) is 5.02 Å². The molecule has 0 aliphatic rings. The Kier molecular flexibility index (Phi) is 5.85. The Morgan fingerprint density at radius 1 is 1.24 bits per heavy atom. The molecule has 0 fully saturated rings. The average Bonchev–Trinajstić information content (AvgIpc) is 2.85. The van der Waals surface area contributed by atoms with Gasteiger partial charge in [0.1, 0.15) is 5.82 Å². The number of hydrogen-bond acceptors (Lipinski definition) is 4. The second-order valence-electron chi connectivity index (χ2n) is 6.99. The maximum absolute atomic E-state index is 12.0. The van der Waals surface area contributed by atoms with E-state index >= 15 is 0 Å². The summed E-state index contributed by atoms with van der Waals surface area (Å²) in [5.74, 6) is -0.288. The van der Waals surface area contributed by atoms with Crippen molar-refractivity contribution in [2.24, 2.45) is 12.5 Å². The van der Waals surface area contributed by atoms with Crippen LogP contribution in [0.1, 0.15) is 27.2 Å². The SMILES string of the molecule is Cn1nc(-c2ccc(Cl)cc2)cc1NC(=O)COC(=O)CC(C)(C)C. The number of aryl methyl sites for hydroxylation is 1. The predicted octanol–water partition coefficient (Wildman–Crippen LogP) is 3.66. The Morgan fingerprint density at radius 3 is 2.48 bits per heavy atom. The van der Waals surface area contributed by atoms with E-state index in [1.54, 1.807) is 29.9 Å². The van der Waals surface area contributed by atoms with E-state index in [1.165, 1.54) is 0 Å². The second kappa shape index (κ2) is 7.70. The fraction of sp³-hybridized carbons (Fsp3) is 0.389. The summed E-state index contributed by atoms with van der Waals surface area (Å²) in [7, 11) is 1.72. The van der Waals surface area contributed by atoms with E-state index in [0.717, 1.165) is 5.56 Å². The number of benzene rings is 1. The molecule has 6 nitrogen and oxygen atoms in total. The molecular formula is C18H22ClN3O3. The van der Waals surface area contributed by atoms with Gasteiger partial charge in [0.25, 0.3) is 5.91 Å². The Morgan fingerprint density at radius 2 is 1.88 bits per heavy atom. The molecule has 0 bridgehead atoms. The van der Waals surface area contributed by atoms with Gasteiger partial charge in [-0.3, -0.25) is 14.3 Å². The van der Waals surface area contributed by atoms with Crippen molar-refractivity contribution in [1.29, 1.82) is 0 Å². The maximum Gasteiger partial charge on any atom is 0.306 e. The van der Waals surface area contributed by atoms with E-state index < -0.39 is 11.9 Å². The molecule has 0 atom stereocenters. The third-order valence-electron chi connectivity index (χ3n) is 3.33. The van der Waals surface area contributed by atoms with Crippen LogP contribution in [0.25, 0.3) is 11.3 Å². The number of nitrogens with zero attached hydrogens (tertiary/aromatic N) is 2. The molecule has 1 aromatic heterocycles. The van der Waals surface area contributed by atoms with Crippen LogP contribution in [0.5, 0.6) is 0 Å². The molecule has 0 saturated carbocycles. The topological polar surface area (TPSA) is 73.2 Å². The van der Waals surface area contributed by atoms with Gasteiger partial charge in [-0.15, -0.1) is 0 Å². The van der Waals surface area contributed by atoms with Crippen molar-refractivity contribution in [2.45, 2.75) is 27.2 Å². The molecule has 7 heteroatoms. The van der Waals surface area contributed by atoms with E-state index in [2.05, 4.69) is 10.4 Å². The molecule has 134 valence electrons. The highest BCUT2D eigenvalue weighted by atomic mass is 35.5. The number of aromatic nitrogens is 2. The van der Waals surface area contributed by atoms with Crippen LogP contribution in [-0.2, 0) is 21.4 Å². The van der Waals surface area contributed by atoms with Gasteiger partial charge in [-0.25, -0.2) is 0 Å². The summed E-state index contributed by atoms with van der Waals surface area (Å²) >= 11 is 5.88. The normalized spacial score (nSPS) is 11.2. The minimum absolute atomic E-state index is 0.178. The zero-order valence-electron chi connectivity index (χ0n) is 14.8. The fourth-order valence-corrected chi connectivity index (χ4v) is 2.28. The molecule has 1 amide bonds. The molecule has 0 aliphatic carbocycles. The standard InChI is InChI=1S/C18H22ClN3O3/c1-18(2,3)10-17(24)25-11-16(23)20-15-9-14(21-22(15)4)12-5-7-13(19)8-6-12/h5-9H,10-11H2,1-4H3,(H,20,23). The molecular weight excluding hydrogens is 342 g/mol. The third-order valence-corrected chi connectivity index (χ3v) is 3.58. The maximum atomic E-state index is 12.0. The lowest BCUT2D eigenvalue weighted by Gasteiger charge is -2.16. The smallest absolute Gasteiger partial charge is 0.306 e. The summed E-state index contributed by atoms with van der Waals surface area (Å²) in [6.45, 7) is 5.48. The van der Waals surface area contributed by atoms with Crippen LogP contribution in [-0.4, -0.2) is 28.3 Å². The lowest BCUT2D eigenvalue weighted by Crippen LogP contribution is -2.24. The fourth-order valence-electron chi connectivity index (χ4n) is 2.15. The zero-order valence-corrected chi connectivity index (χ0v) is 15.6. The molecule has 0 saturated heterocycles. The number of carbonyl (C=O) groups is 2. The Labute approximate surface area is 152 Å². The van der Waals surface area contributed by atoms with E-state index in [9.17, 15) is 9.59 Å². The van der Waals surface area contributed by atoms with Gasteiger partial charge in [0, 0.05) is 23.7 Å². The number of carbonyl (C=O) groups excluding carboxylic acids is 2. The molecule has 2 rings (SSSR count). The first-order chi connectivity index (χ1) is 11.6. The number of anilines is 1. The van der Waals surface area contributed by atoms with E-state index in [4.69, 9.17) is 16.3 Å². The number of nitrogens with one attached hydrogen (secondary N) is 1. The van der Waals surface area contributed by atoms with Crippen LogP contribution in [0.15, 0.2) is 30.3 Å². The monoisotopic (exact) mass is 363 g/mol. The Hall–Kier alpha value is -2.34. The van der Waals surface area contributed by atoms with Crippen LogP contribution in [0.3, 0.4) is 0 Å². The number of esters is 1. The summed E-state index contributed by atoms with van der Waals surface area (Å²) in [6.07, 6.45) is 0.257. The summed E-state index contributed by atoms with van der Waals surface area (Å²) in [5, 5.41) is 7.69. The Bertz CT molecular complexity index is 761. The van der Waals surface area contributed by atoms with Crippen LogP contribution in [0, 0.1) is 5.41 Å². The van der Waals surface area contributed by atoms with Crippen molar-refractivity contribution in [3.8, 4) is 11.3 Å². The van der Waals surface area contributed by atoms with Crippen molar-refractivity contribution in [3.63, 3.8) is 0 Å². The highest BCUT2D eigenvalue weighted by molar-refractivity contribution is 6.30. The first-order valence-electron chi connectivity index (χ1n) is 7.89. The van der Waals surface area contributed by atoms with E-state index in [-0.39, 0.29) is 18.4 Å². The summed E-state index contributed by atoms with van der Waals surface area (Å²) in [6, 6.07) is 9.00. The molecule has 0 spiro atoms. The van der Waals surface area contributed by atoms with Gasteiger partial charge in [-0.1, -0.05) is 44.5 Å². The summed E-state index contributed by atoms with van der Waals surface area (Å²) in [5.41, 5.74) is 1.42. The van der Waals surface area contributed by atoms with Crippen LogP contribution in [0.4, 0.5) is 5.82 Å². The number of halogens is 1. The highest BCUT2D eigenvalue weighted by Crippen LogP contribution is 2.23. The molecule has 2 aromatic rings. The van der Waals surface area contributed by atoms with Gasteiger partial charge in [0.05, 0.1) is 12.1 Å². The Balaban J connectivity index is 1.95. The second-order valence-corrected chi connectivity index (χ2v) is 7.43. The molecule has 25 heavy (non-hydrogen) atoms. The van der Waals surface area contributed by atoms with E-state index in [0.29, 0.717) is 16.5 Å².